The standard InChI is InChI=1S/C32H33N7O3/c1-36(22-9-10-22)18-5-8-28(40)37-19-16-24(20-37)39-29(41)21-38(27-15-17-33-31-30(27)32(39)35-34-31)23-11-13-26(14-12-23)42-25-6-3-2-4-7-25/h2-8,11-15,17,22,24H,9-10,16,18-21H2,1H3,(H,33,34,35)/b8-5+/t24-/m1/s1. The van der Waals surface area contributed by atoms with E-state index in [0.29, 0.717) is 42.8 Å². The number of carbonyl (C=O) groups excluding carboxylic acids is 2. The van der Waals surface area contributed by atoms with Crippen LogP contribution in [-0.2, 0) is 9.59 Å². The van der Waals surface area contributed by atoms with E-state index in [4.69, 9.17) is 4.74 Å². The van der Waals surface area contributed by atoms with Gasteiger partial charge in [-0.3, -0.25) is 24.5 Å². The average Bonchev–Trinajstić information content (AvgIpc) is 3.64. The lowest BCUT2D eigenvalue weighted by atomic mass is 10.2. The van der Waals surface area contributed by atoms with Gasteiger partial charge in [0.25, 0.3) is 0 Å². The highest BCUT2D eigenvalue weighted by molar-refractivity contribution is 6.11. The average molecular weight is 564 g/mol. The van der Waals surface area contributed by atoms with Gasteiger partial charge >= 0.3 is 0 Å². The van der Waals surface area contributed by atoms with Gasteiger partial charge in [-0.05, 0) is 68.8 Å². The second-order valence-corrected chi connectivity index (χ2v) is 11.2. The monoisotopic (exact) mass is 563 g/mol. The van der Waals surface area contributed by atoms with Crippen LogP contribution in [0.3, 0.4) is 0 Å². The molecule has 3 aliphatic rings. The topological polar surface area (TPSA) is 97.9 Å². The van der Waals surface area contributed by atoms with E-state index in [1.165, 1.54) is 12.8 Å². The summed E-state index contributed by atoms with van der Waals surface area (Å²) in [7, 11) is 2.09. The molecular formula is C32H33N7O3. The first-order chi connectivity index (χ1) is 20.5. The minimum atomic E-state index is -0.176. The zero-order valence-corrected chi connectivity index (χ0v) is 23.5. The van der Waals surface area contributed by atoms with Crippen LogP contribution in [0.15, 0.2) is 79.0 Å². The van der Waals surface area contributed by atoms with Gasteiger partial charge in [0.15, 0.2) is 11.5 Å². The number of H-pyrrole nitrogens is 1. The predicted molar refractivity (Wildman–Crippen MR) is 161 cm³/mol. The van der Waals surface area contributed by atoms with Crippen LogP contribution in [0.2, 0.25) is 0 Å². The lowest BCUT2D eigenvalue weighted by Crippen LogP contribution is -2.46. The number of para-hydroxylation sites is 1. The summed E-state index contributed by atoms with van der Waals surface area (Å²) in [5, 5.41) is 8.37. The number of rotatable bonds is 8. The Morgan fingerprint density at radius 3 is 2.64 bits per heavy atom. The number of pyridine rings is 1. The fraction of sp³-hybridized carbons (Fsp3) is 0.312. The molecule has 1 saturated carbocycles. The highest BCUT2D eigenvalue weighted by Gasteiger charge is 2.39. The molecule has 1 N–H and O–H groups in total. The number of nitrogens with one attached hydrogen (secondary N) is 1. The highest BCUT2D eigenvalue weighted by Crippen LogP contribution is 2.40. The Morgan fingerprint density at radius 1 is 1.07 bits per heavy atom. The number of likely N-dealkylation sites (N-methyl/N-ethyl adjacent to an activating group) is 1. The van der Waals surface area contributed by atoms with Crippen molar-refractivity contribution in [3.8, 4) is 11.5 Å². The highest BCUT2D eigenvalue weighted by atomic mass is 16.5. The summed E-state index contributed by atoms with van der Waals surface area (Å²) >= 11 is 0. The minimum Gasteiger partial charge on any atom is -0.457 e. The quantitative estimate of drug-likeness (QED) is 0.316. The van der Waals surface area contributed by atoms with Crippen LogP contribution in [0.4, 0.5) is 17.2 Å². The molecule has 2 aromatic heterocycles. The van der Waals surface area contributed by atoms with E-state index in [1.807, 2.05) is 76.5 Å². The molecule has 4 aromatic rings. The zero-order chi connectivity index (χ0) is 28.6. The molecule has 7 rings (SSSR count). The van der Waals surface area contributed by atoms with E-state index in [0.717, 1.165) is 29.1 Å². The molecule has 10 nitrogen and oxygen atoms in total. The first-order valence-electron chi connectivity index (χ1n) is 14.5. The van der Waals surface area contributed by atoms with Crippen LogP contribution >= 0.6 is 0 Å². The van der Waals surface area contributed by atoms with Crippen LogP contribution in [0.5, 0.6) is 11.5 Å². The molecule has 0 spiro atoms. The summed E-state index contributed by atoms with van der Waals surface area (Å²) in [6.07, 6.45) is 8.50. The normalized spacial score (nSPS) is 18.9. The first kappa shape index (κ1) is 26.2. The molecule has 0 unspecified atom stereocenters. The largest absolute Gasteiger partial charge is 0.457 e. The summed E-state index contributed by atoms with van der Waals surface area (Å²) < 4.78 is 5.97. The van der Waals surface area contributed by atoms with Crippen LogP contribution in [-0.4, -0.2) is 82.1 Å². The molecule has 1 saturated heterocycles. The Balaban J connectivity index is 1.12. The Morgan fingerprint density at radius 2 is 1.86 bits per heavy atom. The third kappa shape index (κ3) is 5.09. The molecule has 10 heteroatoms. The molecule has 2 aromatic carbocycles. The summed E-state index contributed by atoms with van der Waals surface area (Å²) in [5.41, 5.74) is 2.32. The predicted octanol–water partition coefficient (Wildman–Crippen LogP) is 4.49. The van der Waals surface area contributed by atoms with Crippen molar-refractivity contribution in [2.24, 2.45) is 0 Å². The lowest BCUT2D eigenvalue weighted by Gasteiger charge is -2.28. The molecule has 1 atom stereocenters. The van der Waals surface area contributed by atoms with E-state index in [9.17, 15) is 9.59 Å². The third-order valence-corrected chi connectivity index (χ3v) is 8.29. The number of amides is 2. The number of nitrogens with zero attached hydrogens (tertiary/aromatic N) is 6. The van der Waals surface area contributed by atoms with Crippen molar-refractivity contribution in [2.75, 3.05) is 43.0 Å². The van der Waals surface area contributed by atoms with Gasteiger partial charge in [-0.25, -0.2) is 4.98 Å². The number of aromatic nitrogens is 3. The van der Waals surface area contributed by atoms with Crippen molar-refractivity contribution in [1.82, 2.24) is 25.0 Å². The van der Waals surface area contributed by atoms with Crippen molar-refractivity contribution in [3.05, 3.63) is 79.0 Å². The number of ether oxygens (including phenoxy) is 1. The van der Waals surface area contributed by atoms with Gasteiger partial charge in [-0.1, -0.05) is 24.3 Å². The number of benzene rings is 2. The van der Waals surface area contributed by atoms with Gasteiger partial charge < -0.3 is 14.5 Å². The number of anilines is 3. The third-order valence-electron chi connectivity index (χ3n) is 8.29. The molecule has 2 aliphatic heterocycles. The summed E-state index contributed by atoms with van der Waals surface area (Å²) in [5.74, 6) is 1.93. The first-order valence-corrected chi connectivity index (χ1v) is 14.5. The second-order valence-electron chi connectivity index (χ2n) is 11.2. The van der Waals surface area contributed by atoms with Gasteiger partial charge in [0.2, 0.25) is 11.8 Å². The molecular weight excluding hydrogens is 530 g/mol. The van der Waals surface area contributed by atoms with Gasteiger partial charge in [0, 0.05) is 43.6 Å². The molecule has 214 valence electrons. The van der Waals surface area contributed by atoms with E-state index in [-0.39, 0.29) is 24.4 Å². The van der Waals surface area contributed by atoms with Crippen LogP contribution in [0.25, 0.3) is 11.0 Å². The summed E-state index contributed by atoms with van der Waals surface area (Å²) in [4.78, 5) is 39.3. The molecule has 42 heavy (non-hydrogen) atoms. The summed E-state index contributed by atoms with van der Waals surface area (Å²) in [6.45, 7) is 1.95. The Labute approximate surface area is 244 Å². The second kappa shape index (κ2) is 10.9. The van der Waals surface area contributed by atoms with E-state index in [2.05, 4.69) is 27.1 Å². The Bertz CT molecular complexity index is 1630. The van der Waals surface area contributed by atoms with Crippen molar-refractivity contribution in [3.63, 3.8) is 0 Å². The molecule has 0 bridgehead atoms. The maximum atomic E-state index is 14.0. The van der Waals surface area contributed by atoms with Crippen LogP contribution in [0, 0.1) is 0 Å². The maximum Gasteiger partial charge on any atom is 0.248 e. The number of aromatic amines is 1. The van der Waals surface area contributed by atoms with Crippen molar-refractivity contribution in [1.29, 1.82) is 0 Å². The zero-order valence-electron chi connectivity index (χ0n) is 23.5. The fourth-order valence-corrected chi connectivity index (χ4v) is 5.90. The van der Waals surface area contributed by atoms with Gasteiger partial charge in [-0.15, -0.1) is 0 Å². The number of hydrogen-bond acceptors (Lipinski definition) is 7. The molecule has 4 heterocycles. The van der Waals surface area contributed by atoms with Crippen molar-refractivity contribution < 1.29 is 14.3 Å². The summed E-state index contributed by atoms with van der Waals surface area (Å²) in [6, 6.07) is 19.7. The number of carbonyl (C=O) groups is 2. The van der Waals surface area contributed by atoms with Crippen LogP contribution in [0.1, 0.15) is 19.3 Å². The maximum absolute atomic E-state index is 14.0. The fourth-order valence-electron chi connectivity index (χ4n) is 5.90. The Hall–Kier alpha value is -4.70. The minimum absolute atomic E-state index is 0.0161. The van der Waals surface area contributed by atoms with E-state index < -0.39 is 0 Å². The number of likely N-dealkylation sites (tertiary alicyclic amines) is 1. The van der Waals surface area contributed by atoms with Crippen molar-refractivity contribution >= 4 is 40.0 Å². The van der Waals surface area contributed by atoms with Crippen molar-refractivity contribution in [2.45, 2.75) is 31.3 Å². The SMILES string of the molecule is CN(C/C=C/C(=O)N1CC[C@@H](N2C(=O)CN(c3ccc(Oc4ccccc4)cc3)c3ccnc4[nH]nc2c34)C1)C1CC1. The molecule has 1 aliphatic carbocycles. The van der Waals surface area contributed by atoms with Crippen LogP contribution < -0.4 is 14.5 Å². The van der Waals surface area contributed by atoms with E-state index in [1.54, 1.807) is 17.2 Å². The van der Waals surface area contributed by atoms with E-state index >= 15 is 0 Å². The molecule has 0 radical (unpaired) electrons. The smallest absolute Gasteiger partial charge is 0.248 e. The van der Waals surface area contributed by atoms with Gasteiger partial charge in [0.05, 0.1) is 17.1 Å². The Kier molecular flexibility index (Phi) is 6.83. The van der Waals surface area contributed by atoms with Gasteiger partial charge in [-0.2, -0.15) is 5.10 Å². The number of hydrogen-bond donors (Lipinski definition) is 1. The molecule has 2 fully saturated rings. The molecule has 2 amide bonds. The lowest BCUT2D eigenvalue weighted by molar-refractivity contribution is -0.125. The van der Waals surface area contributed by atoms with Gasteiger partial charge in [0.1, 0.15) is 18.0 Å².